The van der Waals surface area contributed by atoms with E-state index in [0.717, 1.165) is 38.9 Å². The molecule has 4 aromatic rings. The van der Waals surface area contributed by atoms with Gasteiger partial charge in [0, 0.05) is 62.2 Å². The third-order valence-electron chi connectivity index (χ3n) is 6.34. The number of ether oxygens (including phenoxy) is 2. The fourth-order valence-corrected chi connectivity index (χ4v) is 5.25. The predicted molar refractivity (Wildman–Crippen MR) is 152 cm³/mol. The van der Waals surface area contributed by atoms with Gasteiger partial charge in [0.05, 0.1) is 19.3 Å². The Hall–Kier alpha value is -3.52. The summed E-state index contributed by atoms with van der Waals surface area (Å²) in [5, 5.41) is 0.948. The van der Waals surface area contributed by atoms with Crippen LogP contribution in [-0.4, -0.2) is 32.3 Å². The zero-order chi connectivity index (χ0) is 28.2. The van der Waals surface area contributed by atoms with Gasteiger partial charge in [-0.15, -0.1) is 0 Å². The second kappa shape index (κ2) is 12.1. The first-order chi connectivity index (χ1) is 18.5. The first kappa shape index (κ1) is 28.5. The van der Waals surface area contributed by atoms with Crippen molar-refractivity contribution in [1.82, 2.24) is 4.98 Å². The number of aryl methyl sites for hydroxylation is 2. The number of hydrogen-bond donors (Lipinski definition) is 0. The van der Waals surface area contributed by atoms with E-state index in [1.54, 1.807) is 25.5 Å². The maximum Gasteiger partial charge on any atom is 0.310 e. The van der Waals surface area contributed by atoms with Gasteiger partial charge in [-0.1, -0.05) is 6.07 Å². The summed E-state index contributed by atoms with van der Waals surface area (Å²) in [6, 6.07) is 12.0. The van der Waals surface area contributed by atoms with E-state index in [2.05, 4.69) is 4.98 Å². The third kappa shape index (κ3) is 7.12. The van der Waals surface area contributed by atoms with Crippen LogP contribution in [0.25, 0.3) is 22.1 Å². The number of furan rings is 1. The average molecular weight is 552 g/mol. The topological polar surface area (TPSA) is 78.6 Å². The Bertz CT molecular complexity index is 1500. The van der Waals surface area contributed by atoms with E-state index in [1.165, 1.54) is 12.1 Å². The number of nitrogens with zero attached hydrogens (tertiary/aromatic N) is 1. The molecule has 0 spiro atoms. The molecule has 0 aliphatic rings. The van der Waals surface area contributed by atoms with Crippen molar-refractivity contribution >= 4 is 27.7 Å². The maximum atomic E-state index is 14.0. The molecule has 0 N–H and O–H groups in total. The monoisotopic (exact) mass is 551 g/mol. The largest absolute Gasteiger partial charge is 0.488 e. The molecule has 8 heteroatoms. The van der Waals surface area contributed by atoms with Crippen molar-refractivity contribution in [3.8, 4) is 16.9 Å². The van der Waals surface area contributed by atoms with Crippen LogP contribution in [0.1, 0.15) is 50.1 Å². The maximum absolute atomic E-state index is 14.0. The van der Waals surface area contributed by atoms with Gasteiger partial charge in [-0.25, -0.2) is 4.39 Å². The molecule has 0 unspecified atom stereocenters. The molecule has 1 atom stereocenters. The molecule has 6 nitrogen and oxygen atoms in total. The van der Waals surface area contributed by atoms with Crippen molar-refractivity contribution in [2.24, 2.45) is 0 Å². The molecule has 2 aromatic carbocycles. The summed E-state index contributed by atoms with van der Waals surface area (Å²) in [5.41, 5.74) is 5.81. The summed E-state index contributed by atoms with van der Waals surface area (Å²) in [7, 11) is -0.972. The van der Waals surface area contributed by atoms with Crippen LogP contribution < -0.4 is 4.74 Å². The van der Waals surface area contributed by atoms with E-state index in [1.807, 2.05) is 52.0 Å². The van der Waals surface area contributed by atoms with Crippen LogP contribution in [-0.2, 0) is 39.8 Å². The van der Waals surface area contributed by atoms with Crippen molar-refractivity contribution in [3.63, 3.8) is 0 Å². The molecular weight excluding hydrogens is 517 g/mol. The summed E-state index contributed by atoms with van der Waals surface area (Å²) in [6.45, 7) is 10.1. The number of esters is 1. The normalized spacial score (nSPS) is 12.5. The SMILES string of the molecule is CCOC(=O)Cc1ccc(F)cc1OCc1cc(-c2ccnc(CC[S@@](=O)C(C)(C)C)c2)c2occ(C)c2c1. The van der Waals surface area contributed by atoms with E-state index in [0.29, 0.717) is 23.5 Å². The molecule has 0 saturated heterocycles. The summed E-state index contributed by atoms with van der Waals surface area (Å²) in [4.78, 5) is 16.5. The van der Waals surface area contributed by atoms with Gasteiger partial charge in [-0.05, 0) is 81.6 Å². The van der Waals surface area contributed by atoms with Crippen molar-refractivity contribution in [1.29, 1.82) is 0 Å². The molecular formula is C31H34FNO5S. The van der Waals surface area contributed by atoms with Crippen LogP contribution >= 0.6 is 0 Å². The molecule has 0 fully saturated rings. The molecule has 39 heavy (non-hydrogen) atoms. The lowest BCUT2D eigenvalue weighted by Gasteiger charge is -2.17. The molecule has 2 aromatic heterocycles. The summed E-state index contributed by atoms with van der Waals surface area (Å²) >= 11 is 0. The second-order valence-electron chi connectivity index (χ2n) is 10.4. The summed E-state index contributed by atoms with van der Waals surface area (Å²) in [6.07, 6.45) is 4.07. The first-order valence-corrected chi connectivity index (χ1v) is 14.3. The molecule has 0 aliphatic carbocycles. The summed E-state index contributed by atoms with van der Waals surface area (Å²) < 4.78 is 43.3. The molecule has 2 heterocycles. The highest BCUT2D eigenvalue weighted by Crippen LogP contribution is 2.34. The molecule has 0 radical (unpaired) electrons. The lowest BCUT2D eigenvalue weighted by molar-refractivity contribution is -0.142. The Morgan fingerprint density at radius 3 is 2.67 bits per heavy atom. The second-order valence-corrected chi connectivity index (χ2v) is 12.7. The number of rotatable bonds is 10. The first-order valence-electron chi connectivity index (χ1n) is 13.0. The lowest BCUT2D eigenvalue weighted by Crippen LogP contribution is -2.25. The standard InChI is InChI=1S/C31H34FNO5S/c1-6-36-29(34)16-23-7-8-24(32)17-28(23)37-19-21-13-26-20(2)18-38-30(26)27(14-21)22-9-11-33-25(15-22)10-12-39(35)31(3,4)5/h7-9,11,13-15,17-18H,6,10,12,16,19H2,1-5H3/t39-/m1/s1. The smallest absolute Gasteiger partial charge is 0.310 e. The Balaban J connectivity index is 1.62. The van der Waals surface area contributed by atoms with Gasteiger partial charge in [0.2, 0.25) is 0 Å². The predicted octanol–water partition coefficient (Wildman–Crippen LogP) is 6.72. The Kier molecular flexibility index (Phi) is 8.85. The number of hydrogen-bond acceptors (Lipinski definition) is 6. The van der Waals surface area contributed by atoms with Gasteiger partial charge in [0.1, 0.15) is 23.8 Å². The lowest BCUT2D eigenvalue weighted by atomic mass is 9.99. The van der Waals surface area contributed by atoms with E-state index in [-0.39, 0.29) is 24.4 Å². The van der Waals surface area contributed by atoms with Crippen LogP contribution in [0.5, 0.6) is 5.75 Å². The zero-order valence-electron chi connectivity index (χ0n) is 23.0. The Morgan fingerprint density at radius 1 is 1.13 bits per heavy atom. The van der Waals surface area contributed by atoms with Gasteiger partial charge in [0.25, 0.3) is 0 Å². The van der Waals surface area contributed by atoms with E-state index < -0.39 is 22.6 Å². The quantitative estimate of drug-likeness (QED) is 0.204. The molecule has 0 saturated carbocycles. The number of benzene rings is 2. The van der Waals surface area contributed by atoms with Crippen molar-refractivity contribution in [3.05, 3.63) is 83.1 Å². The van der Waals surface area contributed by atoms with E-state index >= 15 is 0 Å². The van der Waals surface area contributed by atoms with Crippen LogP contribution in [0.4, 0.5) is 4.39 Å². The average Bonchev–Trinajstić information content (AvgIpc) is 3.27. The molecule has 4 rings (SSSR count). The van der Waals surface area contributed by atoms with Crippen LogP contribution in [0, 0.1) is 12.7 Å². The number of carbonyl (C=O) groups is 1. The van der Waals surface area contributed by atoms with Crippen molar-refractivity contribution in [2.45, 2.75) is 58.8 Å². The van der Waals surface area contributed by atoms with E-state index in [4.69, 9.17) is 13.9 Å². The van der Waals surface area contributed by atoms with Crippen LogP contribution in [0.3, 0.4) is 0 Å². The minimum atomic E-state index is -0.972. The third-order valence-corrected chi connectivity index (χ3v) is 8.29. The molecule has 0 aliphatic heterocycles. The molecule has 206 valence electrons. The Morgan fingerprint density at radius 2 is 1.92 bits per heavy atom. The summed E-state index contributed by atoms with van der Waals surface area (Å²) in [5.74, 6) is -0.0143. The molecule has 0 amide bonds. The van der Waals surface area contributed by atoms with Gasteiger partial charge >= 0.3 is 5.97 Å². The fourth-order valence-electron chi connectivity index (χ4n) is 4.24. The number of aromatic nitrogens is 1. The van der Waals surface area contributed by atoms with Crippen LogP contribution in [0.15, 0.2) is 59.3 Å². The number of carbonyl (C=O) groups excluding carboxylic acids is 1. The highest BCUT2D eigenvalue weighted by molar-refractivity contribution is 7.86. The minimum Gasteiger partial charge on any atom is -0.488 e. The van der Waals surface area contributed by atoms with Gasteiger partial charge in [0.15, 0.2) is 0 Å². The number of pyridine rings is 1. The minimum absolute atomic E-state index is 0.00558. The van der Waals surface area contributed by atoms with Gasteiger partial charge in [-0.3, -0.25) is 14.0 Å². The highest BCUT2D eigenvalue weighted by atomic mass is 32.2. The zero-order valence-corrected chi connectivity index (χ0v) is 23.8. The van der Waals surface area contributed by atoms with Gasteiger partial charge in [-0.2, -0.15) is 0 Å². The van der Waals surface area contributed by atoms with Crippen molar-refractivity contribution in [2.75, 3.05) is 12.4 Å². The highest BCUT2D eigenvalue weighted by Gasteiger charge is 2.20. The number of halogens is 1. The molecule has 0 bridgehead atoms. The fraction of sp³-hybridized carbons (Fsp3) is 0.355. The van der Waals surface area contributed by atoms with Crippen LogP contribution in [0.2, 0.25) is 0 Å². The van der Waals surface area contributed by atoms with Crippen molar-refractivity contribution < 1.29 is 27.3 Å². The van der Waals surface area contributed by atoms with Gasteiger partial charge < -0.3 is 13.9 Å². The number of fused-ring (bicyclic) bond motifs is 1. The van der Waals surface area contributed by atoms with E-state index in [9.17, 15) is 13.4 Å². The Labute approximate surface area is 231 Å².